The summed E-state index contributed by atoms with van der Waals surface area (Å²) in [5.74, 6) is 0.216. The lowest BCUT2D eigenvalue weighted by atomic mass is 9.57. The van der Waals surface area contributed by atoms with Gasteiger partial charge in [-0.2, -0.15) is 0 Å². The van der Waals surface area contributed by atoms with E-state index >= 15 is 0 Å². The first kappa shape index (κ1) is 38.1. The summed E-state index contributed by atoms with van der Waals surface area (Å²) < 4.78 is 12.9. The lowest BCUT2D eigenvalue weighted by Crippen LogP contribution is -2.57. The molecule has 0 radical (unpaired) electrons. The molecule has 1 aromatic carbocycles. The fourth-order valence-corrected chi connectivity index (χ4v) is 10.2. The van der Waals surface area contributed by atoms with Crippen molar-refractivity contribution in [1.82, 2.24) is 0 Å². The van der Waals surface area contributed by atoms with Gasteiger partial charge in [0.2, 0.25) is 0 Å². The van der Waals surface area contributed by atoms with Crippen LogP contribution in [0.2, 0.25) is 0 Å². The molecule has 8 unspecified atom stereocenters. The first-order valence-corrected chi connectivity index (χ1v) is 19.7. The molecule has 49 heavy (non-hydrogen) atoms. The third-order valence-corrected chi connectivity index (χ3v) is 13.0. The molecule has 4 aliphatic rings. The number of hydrogen-bond acceptors (Lipinski definition) is 7. The molecule has 4 N–H and O–H groups in total. The minimum absolute atomic E-state index is 0.0715. The lowest BCUT2D eigenvalue weighted by molar-refractivity contribution is -0.193. The Labute approximate surface area is 295 Å². The van der Waals surface area contributed by atoms with E-state index in [1.165, 1.54) is 0 Å². The van der Waals surface area contributed by atoms with Crippen molar-refractivity contribution in [2.45, 2.75) is 168 Å². The standard InChI is InChI=1S/C42H66O7/c1-9-11-13-14-26-21-31(43)37-33(22-26)48-41(6,7)30-18-19-42(8,39(46)36(30)37)49-40(47)34-27(15-12-10-2)23-32(44)35(38(34)45)29-20-25(5)16-17-28(29)24(3)4/h21-22,24-25,27-29,32,34-35,38-39,43-46H,9-20,23H2,1-8H3/t25?,27?,28-,29+,32?,34?,35?,38?,39?,42?/m0/s1. The predicted octanol–water partition coefficient (Wildman–Crippen LogP) is 8.38. The minimum Gasteiger partial charge on any atom is -0.507 e. The fraction of sp³-hybridized carbons (Fsp3) is 0.786. The number of ether oxygens (including phenoxy) is 2. The molecular weight excluding hydrogens is 616 g/mol. The highest BCUT2D eigenvalue weighted by Gasteiger charge is 2.55. The molecule has 0 aromatic heterocycles. The first-order valence-electron chi connectivity index (χ1n) is 19.7. The summed E-state index contributed by atoms with van der Waals surface area (Å²) in [4.78, 5) is 14.5. The topological polar surface area (TPSA) is 116 Å². The van der Waals surface area contributed by atoms with E-state index in [0.717, 1.165) is 75.3 Å². The summed E-state index contributed by atoms with van der Waals surface area (Å²) in [7, 11) is 0. The number of aromatic hydroxyl groups is 1. The van der Waals surface area contributed by atoms with Crippen LogP contribution in [0.5, 0.6) is 11.5 Å². The number of fused-ring (bicyclic) bond motifs is 2. The number of carbonyl (C=O) groups excluding carboxylic acids is 1. The summed E-state index contributed by atoms with van der Waals surface area (Å²) in [5, 5.41) is 47.4. The zero-order valence-corrected chi connectivity index (χ0v) is 31.6. The van der Waals surface area contributed by atoms with Crippen LogP contribution in [-0.2, 0) is 16.0 Å². The highest BCUT2D eigenvalue weighted by molar-refractivity contribution is 5.85. The van der Waals surface area contributed by atoms with Gasteiger partial charge in [-0.25, -0.2) is 0 Å². The van der Waals surface area contributed by atoms with E-state index < -0.39 is 47.3 Å². The molecule has 276 valence electrons. The Hall–Kier alpha value is -2.09. The zero-order valence-electron chi connectivity index (χ0n) is 31.6. The van der Waals surface area contributed by atoms with Crippen LogP contribution in [0, 0.1) is 41.4 Å². The number of phenolic OH excluding ortho intramolecular Hbond substituents is 1. The number of carbonyl (C=O) groups is 1. The van der Waals surface area contributed by atoms with E-state index in [2.05, 4.69) is 34.6 Å². The highest BCUT2D eigenvalue weighted by atomic mass is 16.6. The molecule has 7 heteroatoms. The number of rotatable bonds is 11. The molecule has 10 atom stereocenters. The van der Waals surface area contributed by atoms with Crippen molar-refractivity contribution >= 4 is 11.5 Å². The maximum Gasteiger partial charge on any atom is 0.312 e. The predicted molar refractivity (Wildman–Crippen MR) is 194 cm³/mol. The molecule has 2 saturated carbocycles. The monoisotopic (exact) mass is 682 g/mol. The molecule has 1 aromatic rings. The van der Waals surface area contributed by atoms with Crippen LogP contribution in [0.3, 0.4) is 0 Å². The SMILES string of the molecule is CCCCCc1cc(O)c2c(c1)OC(C)(C)C1=C2C(O)C(C)(OC(=O)C2C(CCCC)CC(O)C([C@@H]3CC(C)CC[C@H]3C(C)C)C2O)CC1. The summed E-state index contributed by atoms with van der Waals surface area (Å²) in [5.41, 5.74) is 0.992. The van der Waals surface area contributed by atoms with Crippen molar-refractivity contribution in [1.29, 1.82) is 0 Å². The molecule has 1 heterocycles. The van der Waals surface area contributed by atoms with Crippen LogP contribution in [-0.4, -0.2) is 55.9 Å². The Balaban J connectivity index is 1.45. The Kier molecular flexibility index (Phi) is 11.9. The van der Waals surface area contributed by atoms with Gasteiger partial charge in [-0.05, 0) is 125 Å². The van der Waals surface area contributed by atoms with Crippen molar-refractivity contribution in [3.8, 4) is 11.5 Å². The number of aliphatic hydroxyl groups excluding tert-OH is 3. The van der Waals surface area contributed by atoms with Crippen molar-refractivity contribution in [2.75, 3.05) is 0 Å². The molecule has 0 spiro atoms. The van der Waals surface area contributed by atoms with Gasteiger partial charge in [0.05, 0.1) is 23.7 Å². The molecule has 2 fully saturated rings. The lowest BCUT2D eigenvalue weighted by Gasteiger charge is -2.51. The van der Waals surface area contributed by atoms with E-state index in [4.69, 9.17) is 9.47 Å². The van der Waals surface area contributed by atoms with E-state index in [9.17, 15) is 25.2 Å². The van der Waals surface area contributed by atoms with Gasteiger partial charge < -0.3 is 29.9 Å². The minimum atomic E-state index is -1.27. The zero-order chi connectivity index (χ0) is 35.8. The molecule has 0 amide bonds. The van der Waals surface area contributed by atoms with Gasteiger partial charge >= 0.3 is 5.97 Å². The third-order valence-electron chi connectivity index (χ3n) is 13.0. The second-order valence-electron chi connectivity index (χ2n) is 17.4. The molecular formula is C42H66O7. The van der Waals surface area contributed by atoms with Crippen molar-refractivity contribution in [2.24, 2.45) is 41.4 Å². The number of unbranched alkanes of at least 4 members (excludes halogenated alkanes) is 3. The smallest absolute Gasteiger partial charge is 0.312 e. The normalized spacial score (nSPS) is 35.8. The average molecular weight is 683 g/mol. The Morgan fingerprint density at radius 1 is 1.02 bits per heavy atom. The number of benzene rings is 1. The first-order chi connectivity index (χ1) is 23.1. The van der Waals surface area contributed by atoms with Crippen LogP contribution in [0.4, 0.5) is 0 Å². The van der Waals surface area contributed by atoms with Crippen LogP contribution in [0.15, 0.2) is 17.7 Å². The summed E-state index contributed by atoms with van der Waals surface area (Å²) in [6, 6.07) is 3.77. The van der Waals surface area contributed by atoms with Gasteiger partial charge in [0.25, 0.3) is 0 Å². The van der Waals surface area contributed by atoms with E-state index in [1.54, 1.807) is 13.0 Å². The molecule has 0 saturated heterocycles. The maximum atomic E-state index is 14.5. The Morgan fingerprint density at radius 3 is 2.41 bits per heavy atom. The van der Waals surface area contributed by atoms with E-state index in [1.807, 2.05) is 19.9 Å². The van der Waals surface area contributed by atoms with Gasteiger partial charge in [-0.15, -0.1) is 0 Å². The van der Waals surface area contributed by atoms with Crippen LogP contribution >= 0.6 is 0 Å². The number of esters is 1. The van der Waals surface area contributed by atoms with Gasteiger partial charge in [0, 0.05) is 11.5 Å². The van der Waals surface area contributed by atoms with Gasteiger partial charge in [0.15, 0.2) is 0 Å². The molecule has 1 aliphatic heterocycles. The number of phenols is 1. The average Bonchev–Trinajstić information content (AvgIpc) is 3.01. The quantitative estimate of drug-likeness (QED) is 0.137. The van der Waals surface area contributed by atoms with Gasteiger partial charge in [-0.3, -0.25) is 4.79 Å². The maximum absolute atomic E-state index is 14.5. The van der Waals surface area contributed by atoms with Crippen molar-refractivity contribution < 1.29 is 34.7 Å². The highest BCUT2D eigenvalue weighted by Crippen LogP contribution is 2.54. The van der Waals surface area contributed by atoms with Crippen molar-refractivity contribution in [3.05, 3.63) is 28.8 Å². The Bertz CT molecular complexity index is 1350. The van der Waals surface area contributed by atoms with Crippen molar-refractivity contribution in [3.63, 3.8) is 0 Å². The van der Waals surface area contributed by atoms with Crippen LogP contribution in [0.25, 0.3) is 5.57 Å². The molecule has 0 bridgehead atoms. The van der Waals surface area contributed by atoms with E-state index in [0.29, 0.717) is 53.9 Å². The number of aryl methyl sites for hydroxylation is 1. The second kappa shape index (κ2) is 15.3. The Morgan fingerprint density at radius 2 is 1.73 bits per heavy atom. The molecule has 7 nitrogen and oxygen atoms in total. The van der Waals surface area contributed by atoms with E-state index in [-0.39, 0.29) is 17.6 Å². The molecule has 5 rings (SSSR count). The van der Waals surface area contributed by atoms with Gasteiger partial charge in [-0.1, -0.05) is 66.7 Å². The third kappa shape index (κ3) is 7.60. The number of hydrogen-bond donors (Lipinski definition) is 4. The summed E-state index contributed by atoms with van der Waals surface area (Å²) in [6.07, 6.45) is 8.32. The summed E-state index contributed by atoms with van der Waals surface area (Å²) in [6.45, 7) is 16.8. The largest absolute Gasteiger partial charge is 0.507 e. The fourth-order valence-electron chi connectivity index (χ4n) is 10.2. The van der Waals surface area contributed by atoms with Crippen LogP contribution in [0.1, 0.15) is 144 Å². The molecule has 3 aliphatic carbocycles. The van der Waals surface area contributed by atoms with Crippen LogP contribution < -0.4 is 4.74 Å². The number of aliphatic hydroxyl groups is 3. The second-order valence-corrected chi connectivity index (χ2v) is 17.4. The van der Waals surface area contributed by atoms with Gasteiger partial charge in [0.1, 0.15) is 28.8 Å². The summed E-state index contributed by atoms with van der Waals surface area (Å²) >= 11 is 0.